The maximum atomic E-state index is 12.8. The number of nitrogens with zero attached hydrogens (tertiary/aromatic N) is 2. The van der Waals surface area contributed by atoms with Crippen LogP contribution in [-0.2, 0) is 4.74 Å². The molecule has 0 atom stereocenters. The Hall–Kier alpha value is -3.10. The minimum atomic E-state index is -0.221. The van der Waals surface area contributed by atoms with Gasteiger partial charge < -0.3 is 19.5 Å². The number of nitrogens with one attached hydrogen (secondary N) is 2. The smallest absolute Gasteiger partial charge is 0.257 e. The van der Waals surface area contributed by atoms with Gasteiger partial charge in [-0.15, -0.1) is 0 Å². The van der Waals surface area contributed by atoms with E-state index in [0.29, 0.717) is 29.6 Å². The number of ether oxygens (including phenoxy) is 3. The van der Waals surface area contributed by atoms with Crippen molar-refractivity contribution in [3.05, 3.63) is 53.6 Å². The Bertz CT molecular complexity index is 910. The molecule has 166 valence electrons. The number of carbonyl (C=O) groups excluding carboxylic acids is 1. The number of morpholine rings is 1. The van der Waals surface area contributed by atoms with Crippen LogP contribution in [0, 0.1) is 6.92 Å². The van der Waals surface area contributed by atoms with Gasteiger partial charge in [0.25, 0.3) is 5.91 Å². The normalized spacial score (nSPS) is 14.7. The van der Waals surface area contributed by atoms with Crippen LogP contribution in [0.1, 0.15) is 15.9 Å². The maximum Gasteiger partial charge on any atom is 0.257 e. The van der Waals surface area contributed by atoms with Crippen molar-refractivity contribution in [2.75, 3.05) is 58.9 Å². The van der Waals surface area contributed by atoms with Gasteiger partial charge in [0.1, 0.15) is 0 Å². The predicted octanol–water partition coefficient (Wildman–Crippen LogP) is 2.54. The molecule has 31 heavy (non-hydrogen) atoms. The molecule has 1 aliphatic rings. The van der Waals surface area contributed by atoms with Crippen LogP contribution in [0.2, 0.25) is 0 Å². The molecule has 0 aromatic heterocycles. The fourth-order valence-corrected chi connectivity index (χ4v) is 3.26. The Morgan fingerprint density at radius 1 is 1.10 bits per heavy atom. The van der Waals surface area contributed by atoms with Crippen molar-refractivity contribution in [3.63, 3.8) is 0 Å². The van der Waals surface area contributed by atoms with E-state index in [-0.39, 0.29) is 5.91 Å². The van der Waals surface area contributed by atoms with E-state index < -0.39 is 0 Å². The first-order chi connectivity index (χ1) is 15.1. The van der Waals surface area contributed by atoms with E-state index in [1.807, 2.05) is 31.2 Å². The quantitative estimate of drug-likeness (QED) is 0.523. The van der Waals surface area contributed by atoms with Crippen LogP contribution in [0.15, 0.2) is 47.5 Å². The second-order valence-electron chi connectivity index (χ2n) is 7.20. The van der Waals surface area contributed by atoms with Crippen molar-refractivity contribution in [1.29, 1.82) is 0 Å². The number of aliphatic imine (C=N–C) groups is 1. The number of hydrogen-bond acceptors (Lipinski definition) is 6. The van der Waals surface area contributed by atoms with Crippen molar-refractivity contribution in [1.82, 2.24) is 10.2 Å². The van der Waals surface area contributed by atoms with Crippen molar-refractivity contribution >= 4 is 17.6 Å². The molecule has 1 saturated heterocycles. The SMILES string of the molecule is COc1ccc(NC(=NCCN2CCOCC2)NC(=O)c2cccc(C)c2)cc1OC. The Labute approximate surface area is 183 Å². The fraction of sp³-hybridized carbons (Fsp3) is 0.391. The van der Waals surface area contributed by atoms with Crippen LogP contribution in [0.25, 0.3) is 0 Å². The summed E-state index contributed by atoms with van der Waals surface area (Å²) in [6, 6.07) is 12.9. The van der Waals surface area contributed by atoms with Gasteiger partial charge in [0.05, 0.1) is 34.0 Å². The van der Waals surface area contributed by atoms with Crippen LogP contribution in [0.3, 0.4) is 0 Å². The summed E-state index contributed by atoms with van der Waals surface area (Å²) in [7, 11) is 3.17. The highest BCUT2D eigenvalue weighted by atomic mass is 16.5. The number of amides is 1. The highest BCUT2D eigenvalue weighted by molar-refractivity contribution is 6.10. The number of carbonyl (C=O) groups is 1. The van der Waals surface area contributed by atoms with Crippen LogP contribution in [-0.4, -0.2) is 70.4 Å². The number of benzene rings is 2. The highest BCUT2D eigenvalue weighted by Gasteiger charge is 2.13. The maximum absolute atomic E-state index is 12.8. The zero-order valence-electron chi connectivity index (χ0n) is 18.3. The molecule has 1 fully saturated rings. The molecule has 0 saturated carbocycles. The van der Waals surface area contributed by atoms with Crippen molar-refractivity contribution in [2.45, 2.75) is 6.92 Å². The van der Waals surface area contributed by atoms with Crippen molar-refractivity contribution in [2.24, 2.45) is 4.99 Å². The molecular formula is C23H30N4O4. The van der Waals surface area contributed by atoms with E-state index in [9.17, 15) is 4.79 Å². The molecule has 2 N–H and O–H groups in total. The molecule has 8 heteroatoms. The summed E-state index contributed by atoms with van der Waals surface area (Å²) in [6.07, 6.45) is 0. The van der Waals surface area contributed by atoms with E-state index in [1.54, 1.807) is 32.4 Å². The number of aryl methyl sites for hydroxylation is 1. The molecule has 1 amide bonds. The molecule has 2 aromatic carbocycles. The lowest BCUT2D eigenvalue weighted by molar-refractivity contribution is 0.0394. The first-order valence-corrected chi connectivity index (χ1v) is 10.3. The largest absolute Gasteiger partial charge is 0.493 e. The average molecular weight is 427 g/mol. The lowest BCUT2D eigenvalue weighted by atomic mass is 10.1. The Morgan fingerprint density at radius 3 is 2.58 bits per heavy atom. The summed E-state index contributed by atoms with van der Waals surface area (Å²) in [5.74, 6) is 1.38. The van der Waals surface area contributed by atoms with Gasteiger partial charge in [-0.25, -0.2) is 0 Å². The van der Waals surface area contributed by atoms with Crippen LogP contribution in [0.4, 0.5) is 5.69 Å². The standard InChI is InChI=1S/C23H30N4O4/c1-17-5-4-6-18(15-17)22(28)26-23(24-9-10-27-11-13-31-14-12-27)25-19-7-8-20(29-2)21(16-19)30-3/h4-8,15-16H,9-14H2,1-3H3,(H2,24,25,26,28). The Morgan fingerprint density at radius 2 is 1.87 bits per heavy atom. The van der Waals surface area contributed by atoms with Gasteiger partial charge in [-0.3, -0.25) is 20.0 Å². The topological polar surface area (TPSA) is 84.4 Å². The van der Waals surface area contributed by atoms with E-state index in [2.05, 4.69) is 20.5 Å². The molecular weight excluding hydrogens is 396 g/mol. The van der Waals surface area contributed by atoms with Crippen molar-refractivity contribution < 1.29 is 19.0 Å². The lowest BCUT2D eigenvalue weighted by Crippen LogP contribution is -2.39. The number of guanidine groups is 1. The Balaban J connectivity index is 1.74. The molecule has 0 unspecified atom stereocenters. The van der Waals surface area contributed by atoms with Gasteiger partial charge in [-0.1, -0.05) is 17.7 Å². The average Bonchev–Trinajstić information content (AvgIpc) is 2.79. The summed E-state index contributed by atoms with van der Waals surface area (Å²) in [5.41, 5.74) is 2.33. The molecule has 0 spiro atoms. The number of hydrogen-bond donors (Lipinski definition) is 2. The number of anilines is 1. The second kappa shape index (κ2) is 11.3. The highest BCUT2D eigenvalue weighted by Crippen LogP contribution is 2.29. The van der Waals surface area contributed by atoms with Gasteiger partial charge >= 0.3 is 0 Å². The predicted molar refractivity (Wildman–Crippen MR) is 121 cm³/mol. The van der Waals surface area contributed by atoms with E-state index >= 15 is 0 Å². The first kappa shape index (κ1) is 22.6. The Kier molecular flexibility index (Phi) is 8.26. The minimum Gasteiger partial charge on any atom is -0.493 e. The van der Waals surface area contributed by atoms with Crippen molar-refractivity contribution in [3.8, 4) is 11.5 Å². The third-order valence-corrected chi connectivity index (χ3v) is 4.95. The van der Waals surface area contributed by atoms with E-state index in [1.165, 1.54) is 0 Å². The zero-order chi connectivity index (χ0) is 22.1. The summed E-state index contributed by atoms with van der Waals surface area (Å²) in [6.45, 7) is 6.56. The first-order valence-electron chi connectivity index (χ1n) is 10.3. The minimum absolute atomic E-state index is 0.221. The monoisotopic (exact) mass is 426 g/mol. The molecule has 0 bridgehead atoms. The van der Waals surface area contributed by atoms with Gasteiger partial charge in [0.15, 0.2) is 11.5 Å². The third kappa shape index (κ3) is 6.70. The number of rotatable bonds is 7. The van der Waals surface area contributed by atoms with Gasteiger partial charge in [0.2, 0.25) is 5.96 Å². The van der Waals surface area contributed by atoms with Crippen LogP contribution >= 0.6 is 0 Å². The number of methoxy groups -OCH3 is 2. The molecule has 8 nitrogen and oxygen atoms in total. The summed E-state index contributed by atoms with van der Waals surface area (Å²) in [4.78, 5) is 19.7. The summed E-state index contributed by atoms with van der Waals surface area (Å²) in [5, 5.41) is 6.09. The molecule has 2 aromatic rings. The van der Waals surface area contributed by atoms with Crippen LogP contribution < -0.4 is 20.1 Å². The second-order valence-corrected chi connectivity index (χ2v) is 7.20. The fourth-order valence-electron chi connectivity index (χ4n) is 3.26. The zero-order valence-corrected chi connectivity index (χ0v) is 18.3. The molecule has 0 radical (unpaired) electrons. The molecule has 0 aliphatic carbocycles. The van der Waals surface area contributed by atoms with Gasteiger partial charge in [0, 0.05) is 37.0 Å². The van der Waals surface area contributed by atoms with E-state index in [0.717, 1.165) is 44.1 Å². The lowest BCUT2D eigenvalue weighted by Gasteiger charge is -2.25. The molecule has 1 heterocycles. The molecule has 3 rings (SSSR count). The third-order valence-electron chi connectivity index (χ3n) is 4.95. The summed E-state index contributed by atoms with van der Waals surface area (Å²) >= 11 is 0. The van der Waals surface area contributed by atoms with Gasteiger partial charge in [-0.05, 0) is 31.2 Å². The van der Waals surface area contributed by atoms with Crippen LogP contribution in [0.5, 0.6) is 11.5 Å². The van der Waals surface area contributed by atoms with E-state index in [4.69, 9.17) is 14.2 Å². The molecule has 1 aliphatic heterocycles. The summed E-state index contributed by atoms with van der Waals surface area (Å²) < 4.78 is 16.1. The van der Waals surface area contributed by atoms with Gasteiger partial charge in [-0.2, -0.15) is 0 Å².